The van der Waals surface area contributed by atoms with Crippen molar-refractivity contribution in [2.45, 2.75) is 25.4 Å². The number of hydrogen-bond acceptors (Lipinski definition) is 2. The van der Waals surface area contributed by atoms with Gasteiger partial charge in [0.1, 0.15) is 0 Å². The molecular formula is C14H19Cl3N2. The van der Waals surface area contributed by atoms with E-state index >= 15 is 0 Å². The molecule has 0 bridgehead atoms. The second kappa shape index (κ2) is 6.64. The van der Waals surface area contributed by atoms with Crippen molar-refractivity contribution in [2.75, 3.05) is 19.6 Å². The van der Waals surface area contributed by atoms with Gasteiger partial charge in [-0.15, -0.1) is 12.4 Å². The summed E-state index contributed by atoms with van der Waals surface area (Å²) in [6.45, 7) is 4.48. The van der Waals surface area contributed by atoms with E-state index in [0.717, 1.165) is 30.1 Å². The zero-order valence-electron chi connectivity index (χ0n) is 10.7. The number of piperidine rings is 1. The number of fused-ring (bicyclic) bond motifs is 1. The first-order chi connectivity index (χ1) is 8.72. The molecule has 2 aliphatic rings. The highest BCUT2D eigenvalue weighted by Gasteiger charge is 2.32. The first kappa shape index (κ1) is 15.4. The Morgan fingerprint density at radius 2 is 2.11 bits per heavy atom. The van der Waals surface area contributed by atoms with Gasteiger partial charge in [0.2, 0.25) is 0 Å². The summed E-state index contributed by atoms with van der Waals surface area (Å²) in [4.78, 5) is 2.52. The van der Waals surface area contributed by atoms with Crippen molar-refractivity contribution in [1.29, 1.82) is 0 Å². The van der Waals surface area contributed by atoms with Crippen molar-refractivity contribution in [3.8, 4) is 0 Å². The molecule has 1 N–H and O–H groups in total. The molecule has 2 atom stereocenters. The van der Waals surface area contributed by atoms with Crippen molar-refractivity contribution < 1.29 is 0 Å². The molecule has 19 heavy (non-hydrogen) atoms. The third-order valence-corrected chi connectivity index (χ3v) is 4.74. The molecule has 2 saturated heterocycles. The van der Waals surface area contributed by atoms with E-state index in [9.17, 15) is 0 Å². The zero-order chi connectivity index (χ0) is 12.5. The average molecular weight is 322 g/mol. The lowest BCUT2D eigenvalue weighted by Crippen LogP contribution is -2.43. The second-order valence-corrected chi connectivity index (χ2v) is 6.21. The Labute approximate surface area is 130 Å². The van der Waals surface area contributed by atoms with Crippen LogP contribution in [0, 0.1) is 5.92 Å². The molecule has 3 rings (SSSR count). The fourth-order valence-corrected chi connectivity index (χ4v) is 3.63. The lowest BCUT2D eigenvalue weighted by Gasteiger charge is -2.35. The molecule has 0 aliphatic carbocycles. The quantitative estimate of drug-likeness (QED) is 0.895. The third-order valence-electron chi connectivity index (χ3n) is 4.15. The predicted molar refractivity (Wildman–Crippen MR) is 83.5 cm³/mol. The van der Waals surface area contributed by atoms with Crippen LogP contribution in [0.4, 0.5) is 0 Å². The third kappa shape index (κ3) is 3.56. The summed E-state index contributed by atoms with van der Waals surface area (Å²) in [5.74, 6) is 0.824. The minimum absolute atomic E-state index is 0. The molecule has 1 aromatic carbocycles. The van der Waals surface area contributed by atoms with Gasteiger partial charge in [0, 0.05) is 29.2 Å². The molecule has 0 spiro atoms. The van der Waals surface area contributed by atoms with Gasteiger partial charge in [0.15, 0.2) is 0 Å². The van der Waals surface area contributed by atoms with Crippen molar-refractivity contribution in [3.05, 3.63) is 33.8 Å². The average Bonchev–Trinajstić information content (AvgIpc) is 2.80. The Kier molecular flexibility index (Phi) is 5.38. The van der Waals surface area contributed by atoms with E-state index < -0.39 is 0 Å². The summed E-state index contributed by atoms with van der Waals surface area (Å²) in [6.07, 6.45) is 2.57. The van der Waals surface area contributed by atoms with Crippen LogP contribution < -0.4 is 5.32 Å². The fourth-order valence-electron chi connectivity index (χ4n) is 3.16. The molecule has 2 nitrogen and oxygen atoms in total. The summed E-state index contributed by atoms with van der Waals surface area (Å²) in [5, 5.41) is 5.09. The molecule has 2 heterocycles. The van der Waals surface area contributed by atoms with Crippen molar-refractivity contribution in [3.63, 3.8) is 0 Å². The number of hydrogen-bond donors (Lipinski definition) is 1. The van der Waals surface area contributed by atoms with E-state index in [0.29, 0.717) is 5.02 Å². The van der Waals surface area contributed by atoms with Crippen LogP contribution in [-0.4, -0.2) is 30.6 Å². The summed E-state index contributed by atoms with van der Waals surface area (Å²) in [6, 6.07) is 6.56. The highest BCUT2D eigenvalue weighted by atomic mass is 35.5. The summed E-state index contributed by atoms with van der Waals surface area (Å²) < 4.78 is 0. The smallest absolute Gasteiger partial charge is 0.0465 e. The van der Waals surface area contributed by atoms with Crippen LogP contribution >= 0.6 is 35.6 Å². The molecule has 106 valence electrons. The molecule has 2 unspecified atom stereocenters. The molecular weight excluding hydrogens is 303 g/mol. The minimum atomic E-state index is 0. The molecule has 0 radical (unpaired) electrons. The monoisotopic (exact) mass is 320 g/mol. The lowest BCUT2D eigenvalue weighted by molar-refractivity contribution is 0.156. The second-order valence-electron chi connectivity index (χ2n) is 5.37. The van der Waals surface area contributed by atoms with Crippen LogP contribution in [-0.2, 0) is 6.54 Å². The first-order valence-electron chi connectivity index (χ1n) is 6.62. The number of nitrogens with one attached hydrogen (secondary N) is 1. The van der Waals surface area contributed by atoms with Crippen molar-refractivity contribution in [2.24, 2.45) is 5.92 Å². The van der Waals surface area contributed by atoms with Gasteiger partial charge in [-0.3, -0.25) is 4.90 Å². The summed E-state index contributed by atoms with van der Waals surface area (Å²) in [7, 11) is 0. The minimum Gasteiger partial charge on any atom is -0.314 e. The number of halogens is 3. The topological polar surface area (TPSA) is 15.3 Å². The van der Waals surface area contributed by atoms with Gasteiger partial charge < -0.3 is 5.32 Å². The number of likely N-dealkylation sites (tertiary alicyclic amines) is 1. The Balaban J connectivity index is 0.00000133. The lowest BCUT2D eigenvalue weighted by atomic mass is 9.93. The van der Waals surface area contributed by atoms with E-state index in [1.54, 1.807) is 0 Å². The normalized spacial score (nSPS) is 26.8. The Morgan fingerprint density at radius 1 is 1.26 bits per heavy atom. The van der Waals surface area contributed by atoms with Gasteiger partial charge in [0.05, 0.1) is 0 Å². The SMILES string of the molecule is Cl.Clc1ccc(CN2CCC3NCCC3C2)c(Cl)c1. The van der Waals surface area contributed by atoms with Crippen molar-refractivity contribution >= 4 is 35.6 Å². The standard InChI is InChI=1S/C14H18Cl2N2.ClH/c15-12-2-1-10(13(16)7-12)8-18-6-4-14-11(9-18)3-5-17-14;/h1-2,7,11,14,17H,3-6,8-9H2;1H. The fraction of sp³-hybridized carbons (Fsp3) is 0.571. The van der Waals surface area contributed by atoms with Crippen molar-refractivity contribution in [1.82, 2.24) is 10.2 Å². The largest absolute Gasteiger partial charge is 0.314 e. The Bertz CT molecular complexity index is 439. The number of nitrogens with zero attached hydrogens (tertiary/aromatic N) is 1. The van der Waals surface area contributed by atoms with Gasteiger partial charge >= 0.3 is 0 Å². The van der Waals surface area contributed by atoms with E-state index in [-0.39, 0.29) is 12.4 Å². The number of benzene rings is 1. The maximum atomic E-state index is 6.24. The summed E-state index contributed by atoms with van der Waals surface area (Å²) in [5.41, 5.74) is 1.19. The van der Waals surface area contributed by atoms with Gasteiger partial charge in [-0.25, -0.2) is 0 Å². The predicted octanol–water partition coefficient (Wildman–Crippen LogP) is 3.60. The van der Waals surface area contributed by atoms with Crippen LogP contribution in [0.2, 0.25) is 10.0 Å². The highest BCUT2D eigenvalue weighted by Crippen LogP contribution is 2.27. The molecule has 0 saturated carbocycles. The van der Waals surface area contributed by atoms with Gasteiger partial charge in [-0.1, -0.05) is 29.3 Å². The van der Waals surface area contributed by atoms with Gasteiger partial charge in [-0.05, 0) is 49.5 Å². The van der Waals surface area contributed by atoms with Crippen LogP contribution in [0.3, 0.4) is 0 Å². The highest BCUT2D eigenvalue weighted by molar-refractivity contribution is 6.35. The maximum absolute atomic E-state index is 6.24. The Morgan fingerprint density at radius 3 is 2.89 bits per heavy atom. The molecule has 2 fully saturated rings. The van der Waals surface area contributed by atoms with E-state index in [1.165, 1.54) is 31.5 Å². The molecule has 1 aromatic rings. The van der Waals surface area contributed by atoms with E-state index in [2.05, 4.69) is 10.2 Å². The van der Waals surface area contributed by atoms with Crippen LogP contribution in [0.5, 0.6) is 0 Å². The summed E-state index contributed by atoms with van der Waals surface area (Å²) >= 11 is 12.2. The maximum Gasteiger partial charge on any atom is 0.0465 e. The molecule has 0 aromatic heterocycles. The van der Waals surface area contributed by atoms with E-state index in [1.807, 2.05) is 18.2 Å². The van der Waals surface area contributed by atoms with Crippen LogP contribution in [0.1, 0.15) is 18.4 Å². The van der Waals surface area contributed by atoms with Crippen LogP contribution in [0.15, 0.2) is 18.2 Å². The molecule has 0 amide bonds. The first-order valence-corrected chi connectivity index (χ1v) is 7.37. The van der Waals surface area contributed by atoms with Crippen LogP contribution in [0.25, 0.3) is 0 Å². The Hall–Kier alpha value is 0.01000. The zero-order valence-corrected chi connectivity index (χ0v) is 13.1. The molecule has 2 aliphatic heterocycles. The number of rotatable bonds is 2. The van der Waals surface area contributed by atoms with Gasteiger partial charge in [0.25, 0.3) is 0 Å². The van der Waals surface area contributed by atoms with Gasteiger partial charge in [-0.2, -0.15) is 0 Å². The van der Waals surface area contributed by atoms with E-state index in [4.69, 9.17) is 23.2 Å². The molecule has 5 heteroatoms.